The Balaban J connectivity index is 1.62. The molecule has 1 saturated carbocycles. The lowest BCUT2D eigenvalue weighted by Gasteiger charge is -2.20. The van der Waals surface area contributed by atoms with E-state index in [1.807, 2.05) is 19.2 Å². The zero-order valence-corrected chi connectivity index (χ0v) is 12.3. The van der Waals surface area contributed by atoms with Crippen molar-refractivity contribution in [3.05, 3.63) is 16.1 Å². The third kappa shape index (κ3) is 2.54. The number of hydrogen-bond donors (Lipinski definition) is 2. The van der Waals surface area contributed by atoms with Gasteiger partial charge in [-0.2, -0.15) is 0 Å². The fraction of sp³-hybridized carbons (Fsp3) is 0.714. The van der Waals surface area contributed by atoms with Gasteiger partial charge in [0.1, 0.15) is 5.01 Å². The summed E-state index contributed by atoms with van der Waals surface area (Å²) in [5.74, 6) is 1.41. The van der Waals surface area contributed by atoms with Gasteiger partial charge in [-0.15, -0.1) is 11.3 Å². The Kier molecular flexibility index (Phi) is 3.58. The van der Waals surface area contributed by atoms with Gasteiger partial charge in [0.15, 0.2) is 0 Å². The van der Waals surface area contributed by atoms with Crippen molar-refractivity contribution in [2.24, 2.45) is 11.8 Å². The molecule has 4 unspecified atom stereocenters. The summed E-state index contributed by atoms with van der Waals surface area (Å²) in [5.41, 5.74) is 1.02. The highest BCUT2D eigenvalue weighted by Gasteiger charge is 2.42. The topological polar surface area (TPSA) is 54.0 Å². The molecule has 2 heterocycles. The number of fused-ring (bicyclic) bond motifs is 1. The highest BCUT2D eigenvalue weighted by atomic mass is 32.1. The summed E-state index contributed by atoms with van der Waals surface area (Å²) < 4.78 is 0. The molecule has 1 aromatic heterocycles. The number of aromatic nitrogens is 1. The first-order valence-electron chi connectivity index (χ1n) is 7.11. The third-order valence-corrected chi connectivity index (χ3v) is 5.54. The standard InChI is InChI=1S/C14H21N3OS/c1-8-7-19-14(16-8)9(2)17-13(18)12-11-5-3-4-10(11)6-15-12/h7,9-12,15H,3-6H2,1-2H3,(H,17,18). The number of nitrogens with one attached hydrogen (secondary N) is 2. The summed E-state index contributed by atoms with van der Waals surface area (Å²) in [5, 5.41) is 9.52. The zero-order valence-electron chi connectivity index (χ0n) is 11.5. The quantitative estimate of drug-likeness (QED) is 0.890. The average Bonchev–Trinajstić information content (AvgIpc) is 3.02. The first kappa shape index (κ1) is 13.1. The molecule has 1 amide bonds. The van der Waals surface area contributed by atoms with E-state index in [0.29, 0.717) is 11.8 Å². The molecule has 2 fully saturated rings. The maximum Gasteiger partial charge on any atom is 0.237 e. The van der Waals surface area contributed by atoms with E-state index in [1.165, 1.54) is 19.3 Å². The van der Waals surface area contributed by atoms with Crippen LogP contribution in [0.15, 0.2) is 5.38 Å². The molecule has 4 nitrogen and oxygen atoms in total. The number of amides is 1. The van der Waals surface area contributed by atoms with E-state index < -0.39 is 0 Å². The monoisotopic (exact) mass is 279 g/mol. The Bertz CT molecular complexity index is 473. The van der Waals surface area contributed by atoms with Crippen LogP contribution in [0.25, 0.3) is 0 Å². The van der Waals surface area contributed by atoms with E-state index in [9.17, 15) is 4.79 Å². The fourth-order valence-electron chi connectivity index (χ4n) is 3.41. The molecule has 1 aliphatic carbocycles. The predicted octanol–water partition coefficient (Wildman–Crippen LogP) is 2.02. The molecule has 2 aliphatic rings. The molecule has 0 bridgehead atoms. The second-order valence-corrected chi connectivity index (χ2v) is 6.69. The summed E-state index contributed by atoms with van der Waals surface area (Å²) in [6.07, 6.45) is 3.76. The van der Waals surface area contributed by atoms with Gasteiger partial charge in [0.25, 0.3) is 0 Å². The number of rotatable bonds is 3. The number of thiazole rings is 1. The SMILES string of the molecule is Cc1csc(C(C)NC(=O)C2NCC3CCCC32)n1. The lowest BCUT2D eigenvalue weighted by molar-refractivity contribution is -0.124. The van der Waals surface area contributed by atoms with Gasteiger partial charge < -0.3 is 10.6 Å². The fourth-order valence-corrected chi connectivity index (χ4v) is 4.21. The molecule has 19 heavy (non-hydrogen) atoms. The van der Waals surface area contributed by atoms with Gasteiger partial charge in [0, 0.05) is 11.1 Å². The Morgan fingerprint density at radius 3 is 3.16 bits per heavy atom. The molecule has 4 atom stereocenters. The smallest absolute Gasteiger partial charge is 0.237 e. The Hall–Kier alpha value is -0.940. The molecular formula is C14H21N3OS. The largest absolute Gasteiger partial charge is 0.346 e. The summed E-state index contributed by atoms with van der Waals surface area (Å²) in [6.45, 7) is 5.00. The van der Waals surface area contributed by atoms with Gasteiger partial charge in [0.05, 0.1) is 12.1 Å². The van der Waals surface area contributed by atoms with Crippen LogP contribution in [0.2, 0.25) is 0 Å². The van der Waals surface area contributed by atoms with Gasteiger partial charge in [-0.05, 0) is 45.1 Å². The Labute approximate surface area is 118 Å². The first-order valence-corrected chi connectivity index (χ1v) is 7.99. The maximum atomic E-state index is 12.4. The summed E-state index contributed by atoms with van der Waals surface area (Å²) in [4.78, 5) is 16.8. The summed E-state index contributed by atoms with van der Waals surface area (Å²) in [6, 6.07) is 0.0180. The normalized spacial score (nSPS) is 31.2. The van der Waals surface area contributed by atoms with Crippen LogP contribution < -0.4 is 10.6 Å². The molecule has 2 N–H and O–H groups in total. The molecule has 1 saturated heterocycles. The first-order chi connectivity index (χ1) is 9.15. The molecule has 0 spiro atoms. The van der Waals surface area contributed by atoms with E-state index in [2.05, 4.69) is 15.6 Å². The average molecular weight is 279 g/mol. The summed E-state index contributed by atoms with van der Waals surface area (Å²) in [7, 11) is 0. The van der Waals surface area contributed by atoms with Crippen LogP contribution >= 0.6 is 11.3 Å². The highest BCUT2D eigenvalue weighted by molar-refractivity contribution is 7.09. The lowest BCUT2D eigenvalue weighted by Crippen LogP contribution is -2.44. The second kappa shape index (κ2) is 5.21. The van der Waals surface area contributed by atoms with Crippen LogP contribution in [-0.2, 0) is 4.79 Å². The lowest BCUT2D eigenvalue weighted by atomic mass is 9.93. The minimum Gasteiger partial charge on any atom is -0.346 e. The van der Waals surface area contributed by atoms with E-state index in [-0.39, 0.29) is 18.0 Å². The zero-order chi connectivity index (χ0) is 13.4. The van der Waals surface area contributed by atoms with Gasteiger partial charge in [0.2, 0.25) is 5.91 Å². The van der Waals surface area contributed by atoms with E-state index in [0.717, 1.165) is 17.2 Å². The molecule has 3 rings (SSSR count). The number of hydrogen-bond acceptors (Lipinski definition) is 4. The molecule has 0 radical (unpaired) electrons. The van der Waals surface area contributed by atoms with E-state index in [1.54, 1.807) is 11.3 Å². The number of carbonyl (C=O) groups excluding carboxylic acids is 1. The molecule has 1 aromatic rings. The Morgan fingerprint density at radius 1 is 1.58 bits per heavy atom. The van der Waals surface area contributed by atoms with Crippen molar-refractivity contribution in [2.75, 3.05) is 6.54 Å². The van der Waals surface area contributed by atoms with Crippen LogP contribution in [0.1, 0.15) is 42.9 Å². The van der Waals surface area contributed by atoms with Crippen molar-refractivity contribution in [2.45, 2.75) is 45.2 Å². The molecule has 5 heteroatoms. The molecule has 104 valence electrons. The van der Waals surface area contributed by atoms with E-state index >= 15 is 0 Å². The minimum absolute atomic E-state index is 0.00783. The van der Waals surface area contributed by atoms with Crippen molar-refractivity contribution in [3.8, 4) is 0 Å². The minimum atomic E-state index is 0.00783. The van der Waals surface area contributed by atoms with Crippen molar-refractivity contribution >= 4 is 17.2 Å². The predicted molar refractivity (Wildman–Crippen MR) is 76.0 cm³/mol. The van der Waals surface area contributed by atoms with Crippen LogP contribution in [0.5, 0.6) is 0 Å². The van der Waals surface area contributed by atoms with Gasteiger partial charge in [-0.3, -0.25) is 4.79 Å². The van der Waals surface area contributed by atoms with Gasteiger partial charge >= 0.3 is 0 Å². The molecule has 1 aliphatic heterocycles. The molecule has 0 aromatic carbocycles. The Morgan fingerprint density at radius 2 is 2.42 bits per heavy atom. The third-order valence-electron chi connectivity index (χ3n) is 4.39. The van der Waals surface area contributed by atoms with Crippen molar-refractivity contribution in [1.29, 1.82) is 0 Å². The van der Waals surface area contributed by atoms with Gasteiger partial charge in [-0.1, -0.05) is 6.42 Å². The maximum absolute atomic E-state index is 12.4. The van der Waals surface area contributed by atoms with Crippen LogP contribution in [0.3, 0.4) is 0 Å². The highest BCUT2D eigenvalue weighted by Crippen LogP contribution is 2.37. The molecular weight excluding hydrogens is 258 g/mol. The van der Waals surface area contributed by atoms with Gasteiger partial charge in [-0.25, -0.2) is 4.98 Å². The second-order valence-electron chi connectivity index (χ2n) is 5.80. The number of carbonyl (C=O) groups is 1. The van der Waals surface area contributed by atoms with Crippen LogP contribution in [-0.4, -0.2) is 23.5 Å². The van der Waals surface area contributed by atoms with Crippen molar-refractivity contribution in [1.82, 2.24) is 15.6 Å². The van der Waals surface area contributed by atoms with E-state index in [4.69, 9.17) is 0 Å². The van der Waals surface area contributed by atoms with Crippen molar-refractivity contribution < 1.29 is 4.79 Å². The number of aryl methyl sites for hydroxylation is 1. The van der Waals surface area contributed by atoms with Crippen molar-refractivity contribution in [3.63, 3.8) is 0 Å². The summed E-state index contributed by atoms with van der Waals surface area (Å²) >= 11 is 1.62. The van der Waals surface area contributed by atoms with Crippen LogP contribution in [0, 0.1) is 18.8 Å². The number of nitrogens with zero attached hydrogens (tertiary/aromatic N) is 1. The van der Waals surface area contributed by atoms with Crippen LogP contribution in [0.4, 0.5) is 0 Å².